The lowest BCUT2D eigenvalue weighted by Gasteiger charge is -2.35. The Morgan fingerprint density at radius 1 is 1.11 bits per heavy atom. The van der Waals surface area contributed by atoms with Crippen LogP contribution >= 0.6 is 0 Å². The maximum absolute atomic E-state index is 12.5. The topological polar surface area (TPSA) is 15.3 Å². The minimum atomic E-state index is -4.13. The van der Waals surface area contributed by atoms with Crippen LogP contribution in [-0.2, 0) is 0 Å². The Labute approximate surface area is 109 Å². The normalized spacial score (nSPS) is 13.7. The second-order valence-corrected chi connectivity index (χ2v) is 5.95. The quantitative estimate of drug-likeness (QED) is 0.680. The van der Waals surface area contributed by atoms with E-state index in [9.17, 15) is 13.2 Å². The van der Waals surface area contributed by atoms with Crippen molar-refractivity contribution in [3.05, 3.63) is 0 Å². The molecule has 110 valence electrons. The number of hydrogen-bond donors (Lipinski definition) is 1. The molecule has 0 saturated carbocycles. The molecular weight excluding hydrogens is 241 g/mol. The number of alkyl halides is 3. The van der Waals surface area contributed by atoms with Crippen LogP contribution in [0.15, 0.2) is 0 Å². The van der Waals surface area contributed by atoms with Gasteiger partial charge in [0, 0.05) is 19.1 Å². The number of halogens is 3. The number of hydrogen-bond acceptors (Lipinski definition) is 2. The Hall–Kier alpha value is -0.290. The predicted molar refractivity (Wildman–Crippen MR) is 69.7 cm³/mol. The molecule has 0 atom stereocenters. The van der Waals surface area contributed by atoms with Crippen molar-refractivity contribution in [2.24, 2.45) is 5.41 Å². The zero-order chi connectivity index (χ0) is 14.4. The molecule has 2 nitrogen and oxygen atoms in total. The van der Waals surface area contributed by atoms with Gasteiger partial charge in [-0.05, 0) is 32.2 Å². The van der Waals surface area contributed by atoms with Crippen LogP contribution < -0.4 is 5.32 Å². The SMILES string of the molecule is CCCNCC(C)(C)CN(CC(F)(F)F)C(C)C. The molecule has 0 unspecified atom stereocenters. The Kier molecular flexibility index (Phi) is 7.22. The van der Waals surface area contributed by atoms with Crippen molar-refractivity contribution in [1.29, 1.82) is 0 Å². The maximum atomic E-state index is 12.5. The fourth-order valence-corrected chi connectivity index (χ4v) is 1.86. The fraction of sp³-hybridized carbons (Fsp3) is 1.00. The van der Waals surface area contributed by atoms with Crippen LogP contribution in [0.1, 0.15) is 41.0 Å². The molecule has 0 spiro atoms. The van der Waals surface area contributed by atoms with E-state index in [-0.39, 0.29) is 11.5 Å². The van der Waals surface area contributed by atoms with E-state index in [0.29, 0.717) is 6.54 Å². The molecule has 0 aliphatic carbocycles. The average molecular weight is 268 g/mol. The van der Waals surface area contributed by atoms with Crippen molar-refractivity contribution in [2.45, 2.75) is 53.3 Å². The number of rotatable bonds is 8. The highest BCUT2D eigenvalue weighted by Gasteiger charge is 2.34. The van der Waals surface area contributed by atoms with Crippen molar-refractivity contribution in [3.8, 4) is 0 Å². The summed E-state index contributed by atoms with van der Waals surface area (Å²) in [6.45, 7) is 10.9. The summed E-state index contributed by atoms with van der Waals surface area (Å²) in [4.78, 5) is 1.49. The summed E-state index contributed by atoms with van der Waals surface area (Å²) in [5.74, 6) is 0. The van der Waals surface area contributed by atoms with Crippen molar-refractivity contribution in [2.75, 3.05) is 26.2 Å². The fourth-order valence-electron chi connectivity index (χ4n) is 1.86. The molecule has 1 N–H and O–H groups in total. The van der Waals surface area contributed by atoms with Crippen LogP contribution in [0.4, 0.5) is 13.2 Å². The largest absolute Gasteiger partial charge is 0.401 e. The highest BCUT2D eigenvalue weighted by molar-refractivity contribution is 4.79. The molecule has 0 aliphatic rings. The Morgan fingerprint density at radius 2 is 1.67 bits per heavy atom. The standard InChI is InChI=1S/C13H27F3N2/c1-6-7-17-8-12(4,5)9-18(11(2)3)10-13(14,15)16/h11,17H,6-10H2,1-5H3. The van der Waals surface area contributed by atoms with Gasteiger partial charge in [0.2, 0.25) is 0 Å². The molecule has 0 aliphatic heterocycles. The summed E-state index contributed by atoms with van der Waals surface area (Å²) in [7, 11) is 0. The third kappa shape index (κ3) is 8.75. The second kappa shape index (κ2) is 7.34. The zero-order valence-electron chi connectivity index (χ0n) is 12.2. The first kappa shape index (κ1) is 17.7. The van der Waals surface area contributed by atoms with Gasteiger partial charge < -0.3 is 5.32 Å². The summed E-state index contributed by atoms with van der Waals surface area (Å²) in [6.07, 6.45) is -3.09. The van der Waals surface area contributed by atoms with E-state index < -0.39 is 12.7 Å². The van der Waals surface area contributed by atoms with Crippen LogP contribution in [0.2, 0.25) is 0 Å². The Morgan fingerprint density at radius 3 is 2.06 bits per heavy atom. The molecule has 0 fully saturated rings. The van der Waals surface area contributed by atoms with E-state index in [1.807, 2.05) is 13.8 Å². The van der Waals surface area contributed by atoms with Gasteiger partial charge in [0.1, 0.15) is 0 Å². The van der Waals surface area contributed by atoms with Gasteiger partial charge in [-0.2, -0.15) is 13.2 Å². The van der Waals surface area contributed by atoms with Gasteiger partial charge in [0.15, 0.2) is 0 Å². The van der Waals surface area contributed by atoms with E-state index in [0.717, 1.165) is 19.5 Å². The van der Waals surface area contributed by atoms with Gasteiger partial charge in [0.05, 0.1) is 6.54 Å². The van der Waals surface area contributed by atoms with E-state index in [4.69, 9.17) is 0 Å². The summed E-state index contributed by atoms with van der Waals surface area (Å²) >= 11 is 0. The lowest BCUT2D eigenvalue weighted by Crippen LogP contribution is -2.47. The van der Waals surface area contributed by atoms with Crippen molar-refractivity contribution < 1.29 is 13.2 Å². The molecule has 0 bridgehead atoms. The third-order valence-corrected chi connectivity index (χ3v) is 2.77. The van der Waals surface area contributed by atoms with Crippen LogP contribution in [-0.4, -0.2) is 43.3 Å². The summed E-state index contributed by atoms with van der Waals surface area (Å²) in [5.41, 5.74) is -0.162. The van der Waals surface area contributed by atoms with Crippen LogP contribution in [0.3, 0.4) is 0 Å². The van der Waals surface area contributed by atoms with Gasteiger partial charge in [-0.25, -0.2) is 0 Å². The molecule has 5 heteroatoms. The first-order valence-corrected chi connectivity index (χ1v) is 6.59. The molecule has 0 radical (unpaired) electrons. The third-order valence-electron chi connectivity index (χ3n) is 2.77. The van der Waals surface area contributed by atoms with E-state index >= 15 is 0 Å². The molecule has 0 aromatic heterocycles. The van der Waals surface area contributed by atoms with Gasteiger partial charge in [-0.1, -0.05) is 20.8 Å². The summed E-state index contributed by atoms with van der Waals surface area (Å²) in [6, 6.07) is -0.0999. The molecule has 0 saturated heterocycles. The predicted octanol–water partition coefficient (Wildman–Crippen LogP) is 3.28. The second-order valence-electron chi connectivity index (χ2n) is 5.95. The van der Waals surface area contributed by atoms with Crippen molar-refractivity contribution in [1.82, 2.24) is 10.2 Å². The smallest absolute Gasteiger partial charge is 0.316 e. The lowest BCUT2D eigenvalue weighted by atomic mass is 9.92. The monoisotopic (exact) mass is 268 g/mol. The van der Waals surface area contributed by atoms with Crippen LogP contribution in [0, 0.1) is 5.41 Å². The zero-order valence-corrected chi connectivity index (χ0v) is 12.2. The highest BCUT2D eigenvalue weighted by atomic mass is 19.4. The van der Waals surface area contributed by atoms with E-state index in [1.54, 1.807) is 13.8 Å². The Balaban J connectivity index is 4.38. The maximum Gasteiger partial charge on any atom is 0.401 e. The molecule has 0 rings (SSSR count). The van der Waals surface area contributed by atoms with Crippen molar-refractivity contribution in [3.63, 3.8) is 0 Å². The molecule has 0 aromatic carbocycles. The van der Waals surface area contributed by atoms with Gasteiger partial charge >= 0.3 is 6.18 Å². The van der Waals surface area contributed by atoms with Crippen molar-refractivity contribution >= 4 is 0 Å². The van der Waals surface area contributed by atoms with Crippen LogP contribution in [0.25, 0.3) is 0 Å². The summed E-state index contributed by atoms with van der Waals surface area (Å²) < 4.78 is 37.5. The minimum absolute atomic E-state index is 0.0999. The van der Waals surface area contributed by atoms with Gasteiger partial charge in [0.25, 0.3) is 0 Å². The molecular formula is C13H27F3N2. The molecule has 18 heavy (non-hydrogen) atoms. The number of nitrogens with one attached hydrogen (secondary N) is 1. The molecule has 0 aromatic rings. The first-order valence-electron chi connectivity index (χ1n) is 6.59. The average Bonchev–Trinajstić information content (AvgIpc) is 2.14. The van der Waals surface area contributed by atoms with Crippen LogP contribution in [0.5, 0.6) is 0 Å². The first-order chi connectivity index (χ1) is 8.07. The minimum Gasteiger partial charge on any atom is -0.316 e. The lowest BCUT2D eigenvalue weighted by molar-refractivity contribution is -0.152. The molecule has 0 amide bonds. The Bertz CT molecular complexity index is 225. The van der Waals surface area contributed by atoms with Gasteiger partial charge in [-0.15, -0.1) is 0 Å². The van der Waals surface area contributed by atoms with E-state index in [1.165, 1.54) is 4.90 Å². The van der Waals surface area contributed by atoms with E-state index in [2.05, 4.69) is 12.2 Å². The highest BCUT2D eigenvalue weighted by Crippen LogP contribution is 2.23. The van der Waals surface area contributed by atoms with Gasteiger partial charge in [-0.3, -0.25) is 4.90 Å². The summed E-state index contributed by atoms with van der Waals surface area (Å²) in [5, 5.41) is 3.27. The number of nitrogens with zero attached hydrogens (tertiary/aromatic N) is 1. The molecule has 0 heterocycles.